The molecule has 37 heavy (non-hydrogen) atoms. The van der Waals surface area contributed by atoms with E-state index in [9.17, 15) is 13.2 Å². The van der Waals surface area contributed by atoms with Gasteiger partial charge in [-0.15, -0.1) is 0 Å². The van der Waals surface area contributed by atoms with Gasteiger partial charge in [-0.1, -0.05) is 96.5 Å². The fraction of sp³-hybridized carbons (Fsp3) is 0.724. The molecule has 0 saturated heterocycles. The molecule has 1 aromatic rings. The van der Waals surface area contributed by atoms with Crippen molar-refractivity contribution in [2.24, 2.45) is 23.5 Å². The molecular formula is C29H48F3N3S2. The second-order valence-electron chi connectivity index (χ2n) is 11.0. The van der Waals surface area contributed by atoms with E-state index in [1.165, 1.54) is 63.0 Å². The fourth-order valence-electron chi connectivity index (χ4n) is 4.22. The standard InChI is InChI=1S/C29H48F3N3S2/c1-21(2)9-6-10-22(3)11-7-12-23(4)13-8-14-24(5)17-18-37-20-26(28(33)36)35-27-16-15-25(19-34-27)29(30,31)32/h15-17,19,21-23,26H,6-14,18,20H2,1-5H3,(H2,33,36)(H,34,35). The van der Waals surface area contributed by atoms with Crippen LogP contribution in [-0.4, -0.2) is 27.5 Å². The van der Waals surface area contributed by atoms with Crippen molar-refractivity contribution < 1.29 is 13.2 Å². The second kappa shape index (κ2) is 18.1. The van der Waals surface area contributed by atoms with Gasteiger partial charge in [0.25, 0.3) is 0 Å². The number of alkyl halides is 3. The smallest absolute Gasteiger partial charge is 0.392 e. The minimum atomic E-state index is -4.41. The van der Waals surface area contributed by atoms with Gasteiger partial charge < -0.3 is 11.1 Å². The summed E-state index contributed by atoms with van der Waals surface area (Å²) in [6, 6.07) is 1.97. The summed E-state index contributed by atoms with van der Waals surface area (Å²) < 4.78 is 38.2. The summed E-state index contributed by atoms with van der Waals surface area (Å²) >= 11 is 6.83. The Morgan fingerprint density at radius 2 is 1.62 bits per heavy atom. The Hall–Kier alpha value is -1.28. The van der Waals surface area contributed by atoms with E-state index < -0.39 is 11.7 Å². The van der Waals surface area contributed by atoms with Gasteiger partial charge in [0.1, 0.15) is 5.82 Å². The van der Waals surface area contributed by atoms with Crippen molar-refractivity contribution in [1.82, 2.24) is 4.98 Å². The Balaban J connectivity index is 2.25. The lowest BCUT2D eigenvalue weighted by atomic mass is 9.91. The fourth-order valence-corrected chi connectivity index (χ4v) is 5.50. The van der Waals surface area contributed by atoms with Crippen molar-refractivity contribution in [3.8, 4) is 0 Å². The Bertz CT molecular complexity index is 795. The minimum absolute atomic E-state index is 0.272. The maximum absolute atomic E-state index is 12.7. The number of pyridine rings is 1. The molecule has 3 nitrogen and oxygen atoms in total. The molecule has 212 valence electrons. The van der Waals surface area contributed by atoms with Gasteiger partial charge in [0.15, 0.2) is 0 Å². The molecule has 0 amide bonds. The van der Waals surface area contributed by atoms with Gasteiger partial charge in [-0.2, -0.15) is 24.9 Å². The SMILES string of the molecule is CC(=CCSCC(Nc1ccc(C(F)(F)F)cn1)C(N)=S)CCCC(C)CCCC(C)CCCC(C)C. The van der Waals surface area contributed by atoms with E-state index in [2.05, 4.69) is 51.0 Å². The highest BCUT2D eigenvalue weighted by Gasteiger charge is 2.30. The molecule has 0 aliphatic carbocycles. The third kappa shape index (κ3) is 16.3. The number of thiocarbonyl (C=S) groups is 1. The van der Waals surface area contributed by atoms with E-state index in [-0.39, 0.29) is 11.0 Å². The lowest BCUT2D eigenvalue weighted by Gasteiger charge is -2.18. The maximum atomic E-state index is 12.7. The quantitative estimate of drug-likeness (QED) is 0.100. The average molecular weight is 560 g/mol. The number of hydrogen-bond donors (Lipinski definition) is 2. The van der Waals surface area contributed by atoms with Crippen LogP contribution in [0.2, 0.25) is 0 Å². The number of anilines is 1. The molecule has 3 unspecified atom stereocenters. The van der Waals surface area contributed by atoms with Crippen LogP contribution < -0.4 is 11.1 Å². The lowest BCUT2D eigenvalue weighted by molar-refractivity contribution is -0.137. The largest absolute Gasteiger partial charge is 0.417 e. The number of aromatic nitrogens is 1. The van der Waals surface area contributed by atoms with E-state index in [1.54, 1.807) is 11.8 Å². The molecule has 0 radical (unpaired) electrons. The van der Waals surface area contributed by atoms with Gasteiger partial charge in [0, 0.05) is 17.7 Å². The third-order valence-electron chi connectivity index (χ3n) is 6.73. The van der Waals surface area contributed by atoms with Gasteiger partial charge in [-0.25, -0.2) is 4.98 Å². The van der Waals surface area contributed by atoms with Crippen LogP contribution in [0.15, 0.2) is 30.0 Å². The third-order valence-corrected chi connectivity index (χ3v) is 7.99. The summed E-state index contributed by atoms with van der Waals surface area (Å²) in [6.07, 6.45) is 10.4. The number of nitrogens with one attached hydrogen (secondary N) is 1. The number of rotatable bonds is 19. The molecule has 0 bridgehead atoms. The molecule has 1 heterocycles. The summed E-state index contributed by atoms with van der Waals surface area (Å²) in [5, 5.41) is 3.04. The number of thioether (sulfide) groups is 1. The molecule has 1 rings (SSSR count). The molecule has 0 saturated carbocycles. The van der Waals surface area contributed by atoms with Crippen LogP contribution in [0.25, 0.3) is 0 Å². The molecule has 0 fully saturated rings. The van der Waals surface area contributed by atoms with Crippen LogP contribution in [0.5, 0.6) is 0 Å². The molecule has 0 aliphatic rings. The molecule has 8 heteroatoms. The first-order chi connectivity index (χ1) is 17.4. The number of halogens is 3. The maximum Gasteiger partial charge on any atom is 0.417 e. The Kier molecular flexibility index (Phi) is 16.5. The van der Waals surface area contributed by atoms with Crippen molar-refractivity contribution in [3.05, 3.63) is 35.5 Å². The van der Waals surface area contributed by atoms with Crippen molar-refractivity contribution in [2.45, 2.75) is 105 Å². The van der Waals surface area contributed by atoms with Crippen LogP contribution >= 0.6 is 24.0 Å². The lowest BCUT2D eigenvalue weighted by Crippen LogP contribution is -2.36. The van der Waals surface area contributed by atoms with Crippen molar-refractivity contribution in [1.29, 1.82) is 0 Å². The van der Waals surface area contributed by atoms with Crippen molar-refractivity contribution in [2.75, 3.05) is 16.8 Å². The zero-order valence-corrected chi connectivity index (χ0v) is 25.0. The van der Waals surface area contributed by atoms with Crippen LogP contribution in [0.3, 0.4) is 0 Å². The van der Waals surface area contributed by atoms with E-state index in [1.807, 2.05) is 0 Å². The highest BCUT2D eigenvalue weighted by molar-refractivity contribution is 7.99. The van der Waals surface area contributed by atoms with Crippen LogP contribution in [0.4, 0.5) is 19.0 Å². The second-order valence-corrected chi connectivity index (χ2v) is 12.5. The van der Waals surface area contributed by atoms with Gasteiger partial charge in [0.2, 0.25) is 0 Å². The molecule has 3 atom stereocenters. The van der Waals surface area contributed by atoms with Gasteiger partial charge in [-0.05, 0) is 49.7 Å². The average Bonchev–Trinajstić information content (AvgIpc) is 2.80. The summed E-state index contributed by atoms with van der Waals surface area (Å²) in [4.78, 5) is 4.12. The van der Waals surface area contributed by atoms with Crippen LogP contribution in [0, 0.1) is 17.8 Å². The minimum Gasteiger partial charge on any atom is -0.392 e. The summed E-state index contributed by atoms with van der Waals surface area (Å²) in [5.41, 5.74) is 6.45. The Labute approximate surface area is 233 Å². The predicted molar refractivity (Wildman–Crippen MR) is 159 cm³/mol. The van der Waals surface area contributed by atoms with Crippen molar-refractivity contribution >= 4 is 34.8 Å². The number of allylic oxidation sites excluding steroid dienone is 1. The van der Waals surface area contributed by atoms with Gasteiger partial charge in [0.05, 0.1) is 16.6 Å². The van der Waals surface area contributed by atoms with Gasteiger partial charge >= 0.3 is 6.18 Å². The highest BCUT2D eigenvalue weighted by Crippen LogP contribution is 2.29. The molecule has 0 spiro atoms. The molecular weight excluding hydrogens is 511 g/mol. The molecule has 1 aromatic heterocycles. The number of nitrogens with zero attached hydrogens (tertiary/aromatic N) is 1. The number of nitrogens with two attached hydrogens (primary N) is 1. The van der Waals surface area contributed by atoms with Gasteiger partial charge in [-0.3, -0.25) is 0 Å². The van der Waals surface area contributed by atoms with Crippen LogP contribution in [0.1, 0.15) is 98.0 Å². The molecule has 0 aliphatic heterocycles. The molecule has 0 aromatic carbocycles. The van der Waals surface area contributed by atoms with Crippen molar-refractivity contribution in [3.63, 3.8) is 0 Å². The topological polar surface area (TPSA) is 50.9 Å². The van der Waals surface area contributed by atoms with E-state index >= 15 is 0 Å². The Morgan fingerprint density at radius 1 is 1.03 bits per heavy atom. The monoisotopic (exact) mass is 559 g/mol. The first-order valence-electron chi connectivity index (χ1n) is 13.7. The van der Waals surface area contributed by atoms with E-state index in [0.29, 0.717) is 11.6 Å². The zero-order valence-electron chi connectivity index (χ0n) is 23.4. The first kappa shape index (κ1) is 33.7. The predicted octanol–water partition coefficient (Wildman–Crippen LogP) is 9.29. The zero-order chi connectivity index (χ0) is 27.8. The summed E-state index contributed by atoms with van der Waals surface area (Å²) in [6.45, 7) is 11.6. The van der Waals surface area contributed by atoms with Crippen LogP contribution in [-0.2, 0) is 6.18 Å². The Morgan fingerprint density at radius 3 is 2.14 bits per heavy atom. The highest BCUT2D eigenvalue weighted by atomic mass is 32.2. The number of hydrogen-bond acceptors (Lipinski definition) is 4. The normalized spacial score (nSPS) is 15.0. The summed E-state index contributed by atoms with van der Waals surface area (Å²) in [5.74, 6) is 4.24. The van der Waals surface area contributed by atoms with E-state index in [0.717, 1.165) is 42.2 Å². The molecule has 3 N–H and O–H groups in total. The first-order valence-corrected chi connectivity index (χ1v) is 15.3. The summed E-state index contributed by atoms with van der Waals surface area (Å²) in [7, 11) is 0. The van der Waals surface area contributed by atoms with E-state index in [4.69, 9.17) is 18.0 Å².